The number of amides is 2. The standard InChI is InChI=1S/C15H23N3O3/c1-15(2,7-8-19)10-18-13(20)9-17-14(21)11-3-5-12(16)6-4-11/h3-6,19H,7-10,16H2,1-2H3,(H,17,21)(H,18,20). The lowest BCUT2D eigenvalue weighted by Crippen LogP contribution is -2.41. The number of nitrogens with two attached hydrogens (primary N) is 1. The molecule has 0 saturated carbocycles. The Morgan fingerprint density at radius 1 is 1.19 bits per heavy atom. The summed E-state index contributed by atoms with van der Waals surface area (Å²) < 4.78 is 0. The first-order valence-corrected chi connectivity index (χ1v) is 6.85. The van der Waals surface area contributed by atoms with Gasteiger partial charge in [0, 0.05) is 24.4 Å². The number of nitrogen functional groups attached to an aromatic ring is 1. The topological polar surface area (TPSA) is 104 Å². The third kappa shape index (κ3) is 6.27. The van der Waals surface area contributed by atoms with Crippen LogP contribution in [0.5, 0.6) is 0 Å². The van der Waals surface area contributed by atoms with Gasteiger partial charge < -0.3 is 21.5 Å². The summed E-state index contributed by atoms with van der Waals surface area (Å²) in [5.41, 5.74) is 6.40. The molecule has 1 aromatic carbocycles. The van der Waals surface area contributed by atoms with Gasteiger partial charge in [-0.1, -0.05) is 13.8 Å². The Morgan fingerprint density at radius 3 is 2.38 bits per heavy atom. The first-order chi connectivity index (χ1) is 9.84. The summed E-state index contributed by atoms with van der Waals surface area (Å²) in [4.78, 5) is 23.5. The van der Waals surface area contributed by atoms with Crippen molar-refractivity contribution in [1.82, 2.24) is 10.6 Å². The van der Waals surface area contributed by atoms with E-state index in [4.69, 9.17) is 10.8 Å². The van der Waals surface area contributed by atoms with Crippen molar-refractivity contribution < 1.29 is 14.7 Å². The normalized spacial score (nSPS) is 11.0. The molecule has 0 heterocycles. The lowest BCUT2D eigenvalue weighted by molar-refractivity contribution is -0.120. The van der Waals surface area contributed by atoms with E-state index in [0.717, 1.165) is 0 Å². The number of benzene rings is 1. The number of anilines is 1. The highest BCUT2D eigenvalue weighted by atomic mass is 16.3. The Labute approximate surface area is 124 Å². The molecule has 0 fully saturated rings. The van der Waals surface area contributed by atoms with E-state index < -0.39 is 0 Å². The zero-order valence-electron chi connectivity index (χ0n) is 12.5. The summed E-state index contributed by atoms with van der Waals surface area (Å²) in [6.07, 6.45) is 0.602. The van der Waals surface area contributed by atoms with E-state index in [9.17, 15) is 9.59 Å². The van der Waals surface area contributed by atoms with E-state index in [2.05, 4.69) is 10.6 Å². The number of aliphatic hydroxyl groups excluding tert-OH is 1. The molecule has 0 bridgehead atoms. The molecule has 5 N–H and O–H groups in total. The van der Waals surface area contributed by atoms with Crippen LogP contribution in [0.2, 0.25) is 0 Å². The molecular formula is C15H23N3O3. The summed E-state index contributed by atoms with van der Waals surface area (Å²) in [7, 11) is 0. The van der Waals surface area contributed by atoms with Crippen LogP contribution in [0.1, 0.15) is 30.6 Å². The van der Waals surface area contributed by atoms with Crippen molar-refractivity contribution in [2.24, 2.45) is 5.41 Å². The molecule has 0 aliphatic heterocycles. The van der Waals surface area contributed by atoms with Crippen LogP contribution in [0.3, 0.4) is 0 Å². The van der Waals surface area contributed by atoms with Gasteiger partial charge in [0.15, 0.2) is 0 Å². The van der Waals surface area contributed by atoms with Gasteiger partial charge in [0.25, 0.3) is 5.91 Å². The molecule has 21 heavy (non-hydrogen) atoms. The minimum absolute atomic E-state index is 0.0801. The van der Waals surface area contributed by atoms with Gasteiger partial charge >= 0.3 is 0 Å². The molecule has 0 aliphatic carbocycles. The molecule has 0 saturated heterocycles. The fourth-order valence-corrected chi connectivity index (χ4v) is 1.69. The molecule has 6 nitrogen and oxygen atoms in total. The maximum Gasteiger partial charge on any atom is 0.251 e. The number of carbonyl (C=O) groups excluding carboxylic acids is 2. The Balaban J connectivity index is 2.36. The summed E-state index contributed by atoms with van der Waals surface area (Å²) in [5.74, 6) is -0.579. The van der Waals surface area contributed by atoms with Gasteiger partial charge in [0.2, 0.25) is 5.91 Å². The minimum atomic E-state index is -0.320. The van der Waals surface area contributed by atoms with E-state index in [0.29, 0.717) is 24.2 Å². The Bertz CT molecular complexity index is 483. The van der Waals surface area contributed by atoms with Crippen molar-refractivity contribution in [3.05, 3.63) is 29.8 Å². The average Bonchev–Trinajstić information content (AvgIpc) is 2.43. The summed E-state index contributed by atoms with van der Waals surface area (Å²) in [6, 6.07) is 6.47. The molecule has 0 radical (unpaired) electrons. The van der Waals surface area contributed by atoms with Gasteiger partial charge in [-0.3, -0.25) is 9.59 Å². The van der Waals surface area contributed by atoms with E-state index in [-0.39, 0.29) is 30.4 Å². The highest BCUT2D eigenvalue weighted by Crippen LogP contribution is 2.17. The van der Waals surface area contributed by atoms with Crippen molar-refractivity contribution in [3.8, 4) is 0 Å². The van der Waals surface area contributed by atoms with E-state index in [1.165, 1.54) is 0 Å². The van der Waals surface area contributed by atoms with Gasteiger partial charge in [0.1, 0.15) is 0 Å². The number of hydrogen-bond donors (Lipinski definition) is 4. The number of carbonyl (C=O) groups is 2. The summed E-state index contributed by atoms with van der Waals surface area (Å²) in [5, 5.41) is 14.2. The molecule has 0 aromatic heterocycles. The van der Waals surface area contributed by atoms with E-state index >= 15 is 0 Å². The molecular weight excluding hydrogens is 270 g/mol. The minimum Gasteiger partial charge on any atom is -0.399 e. The van der Waals surface area contributed by atoms with Crippen LogP contribution in [-0.4, -0.2) is 36.6 Å². The molecule has 0 unspecified atom stereocenters. The molecule has 6 heteroatoms. The van der Waals surface area contributed by atoms with E-state index in [1.807, 2.05) is 13.8 Å². The zero-order chi connectivity index (χ0) is 15.9. The third-order valence-electron chi connectivity index (χ3n) is 3.14. The largest absolute Gasteiger partial charge is 0.399 e. The third-order valence-corrected chi connectivity index (χ3v) is 3.14. The number of aliphatic hydroxyl groups is 1. The van der Waals surface area contributed by atoms with E-state index in [1.54, 1.807) is 24.3 Å². The van der Waals surface area contributed by atoms with Crippen molar-refractivity contribution in [2.75, 3.05) is 25.4 Å². The quantitative estimate of drug-likeness (QED) is 0.550. The molecule has 0 aliphatic rings. The van der Waals surface area contributed by atoms with Crippen LogP contribution in [0, 0.1) is 5.41 Å². The van der Waals surface area contributed by atoms with Gasteiger partial charge in [-0.25, -0.2) is 0 Å². The molecule has 2 amide bonds. The highest BCUT2D eigenvalue weighted by molar-refractivity contribution is 5.96. The average molecular weight is 293 g/mol. The fraction of sp³-hybridized carbons (Fsp3) is 0.467. The van der Waals surface area contributed by atoms with Crippen LogP contribution in [0.15, 0.2) is 24.3 Å². The lowest BCUT2D eigenvalue weighted by atomic mass is 9.90. The van der Waals surface area contributed by atoms with Gasteiger partial charge in [0.05, 0.1) is 6.54 Å². The molecule has 1 rings (SSSR count). The molecule has 0 atom stereocenters. The SMILES string of the molecule is CC(C)(CCO)CNC(=O)CNC(=O)c1ccc(N)cc1. The summed E-state index contributed by atoms with van der Waals surface area (Å²) >= 11 is 0. The second-order valence-electron chi connectivity index (χ2n) is 5.72. The van der Waals surface area contributed by atoms with Crippen LogP contribution in [0.25, 0.3) is 0 Å². The first-order valence-electron chi connectivity index (χ1n) is 6.85. The smallest absolute Gasteiger partial charge is 0.251 e. The van der Waals surface area contributed by atoms with Crippen LogP contribution < -0.4 is 16.4 Å². The van der Waals surface area contributed by atoms with Gasteiger partial charge in [-0.2, -0.15) is 0 Å². The first kappa shape index (κ1) is 17.0. The second-order valence-corrected chi connectivity index (χ2v) is 5.72. The Hall–Kier alpha value is -2.08. The number of hydrogen-bond acceptors (Lipinski definition) is 4. The second kappa shape index (κ2) is 7.64. The lowest BCUT2D eigenvalue weighted by Gasteiger charge is -2.23. The number of nitrogens with one attached hydrogen (secondary N) is 2. The van der Waals surface area contributed by atoms with Crippen LogP contribution in [0.4, 0.5) is 5.69 Å². The predicted octanol–water partition coefficient (Wildman–Crippen LogP) is 0.523. The van der Waals surface area contributed by atoms with Crippen LogP contribution in [-0.2, 0) is 4.79 Å². The highest BCUT2D eigenvalue weighted by Gasteiger charge is 2.18. The molecule has 0 spiro atoms. The van der Waals surface area contributed by atoms with Crippen LogP contribution >= 0.6 is 0 Å². The predicted molar refractivity (Wildman–Crippen MR) is 81.7 cm³/mol. The maximum atomic E-state index is 11.8. The van der Waals surface area contributed by atoms with Crippen molar-refractivity contribution in [1.29, 1.82) is 0 Å². The van der Waals surface area contributed by atoms with Gasteiger partial charge in [-0.05, 0) is 36.1 Å². The van der Waals surface area contributed by atoms with Gasteiger partial charge in [-0.15, -0.1) is 0 Å². The maximum absolute atomic E-state index is 11.8. The van der Waals surface area contributed by atoms with Crippen molar-refractivity contribution in [3.63, 3.8) is 0 Å². The molecule has 116 valence electrons. The zero-order valence-corrected chi connectivity index (χ0v) is 12.5. The molecule has 1 aromatic rings. The summed E-state index contributed by atoms with van der Waals surface area (Å²) in [6.45, 7) is 4.35. The fourth-order valence-electron chi connectivity index (χ4n) is 1.69. The number of rotatable bonds is 7. The Morgan fingerprint density at radius 2 is 1.81 bits per heavy atom. The monoisotopic (exact) mass is 293 g/mol. The van der Waals surface area contributed by atoms with Crippen molar-refractivity contribution >= 4 is 17.5 Å². The van der Waals surface area contributed by atoms with Crippen molar-refractivity contribution in [2.45, 2.75) is 20.3 Å². The Kier molecular flexibility index (Phi) is 6.17.